The van der Waals surface area contributed by atoms with E-state index in [4.69, 9.17) is 11.6 Å². The van der Waals surface area contributed by atoms with Gasteiger partial charge in [-0.1, -0.05) is 6.07 Å². The molecule has 3 rings (SSSR count). The van der Waals surface area contributed by atoms with Gasteiger partial charge < -0.3 is 4.90 Å². The van der Waals surface area contributed by atoms with Crippen molar-refractivity contribution in [3.8, 4) is 0 Å². The predicted octanol–water partition coefficient (Wildman–Crippen LogP) is 3.75. The minimum atomic E-state index is 0.536. The molecule has 0 saturated heterocycles. The third-order valence-corrected chi connectivity index (χ3v) is 4.77. The Morgan fingerprint density at radius 1 is 1.39 bits per heavy atom. The number of hydrogen-bond donors (Lipinski definition) is 0. The standard InChI is InChI=1S/C14H15ClN2S/c1-10-11(8-15)2-3-14(16-10)17-6-4-13-12(9-17)5-7-18-13/h2-3,5,7H,4,6,8-9H2,1H3. The fourth-order valence-electron chi connectivity index (χ4n) is 2.34. The maximum Gasteiger partial charge on any atom is 0.129 e. The molecule has 0 amide bonds. The van der Waals surface area contributed by atoms with E-state index in [1.54, 1.807) is 0 Å². The van der Waals surface area contributed by atoms with Crippen LogP contribution in [-0.4, -0.2) is 11.5 Å². The number of hydrogen-bond acceptors (Lipinski definition) is 3. The number of aromatic nitrogens is 1. The Morgan fingerprint density at radius 3 is 3.06 bits per heavy atom. The largest absolute Gasteiger partial charge is 0.352 e. The van der Waals surface area contributed by atoms with Crippen LogP contribution in [0.3, 0.4) is 0 Å². The topological polar surface area (TPSA) is 16.1 Å². The molecule has 1 aliphatic rings. The Labute approximate surface area is 116 Å². The molecule has 0 bridgehead atoms. The van der Waals surface area contributed by atoms with Crippen LogP contribution in [0.15, 0.2) is 23.6 Å². The summed E-state index contributed by atoms with van der Waals surface area (Å²) >= 11 is 7.74. The van der Waals surface area contributed by atoms with Crippen LogP contribution in [0.4, 0.5) is 5.82 Å². The minimum Gasteiger partial charge on any atom is -0.352 e. The summed E-state index contributed by atoms with van der Waals surface area (Å²) in [6.07, 6.45) is 1.13. The molecule has 0 N–H and O–H groups in total. The van der Waals surface area contributed by atoms with Crippen molar-refractivity contribution in [1.82, 2.24) is 4.98 Å². The SMILES string of the molecule is Cc1nc(N2CCc3sccc3C2)ccc1CCl. The van der Waals surface area contributed by atoms with Crippen molar-refractivity contribution in [2.45, 2.75) is 25.8 Å². The van der Waals surface area contributed by atoms with Gasteiger partial charge in [-0.2, -0.15) is 0 Å². The number of halogens is 1. The van der Waals surface area contributed by atoms with Gasteiger partial charge in [0, 0.05) is 29.5 Å². The zero-order valence-corrected chi connectivity index (χ0v) is 11.9. The third kappa shape index (κ3) is 2.13. The summed E-state index contributed by atoms with van der Waals surface area (Å²) in [7, 11) is 0. The van der Waals surface area contributed by atoms with E-state index in [2.05, 4.69) is 33.5 Å². The van der Waals surface area contributed by atoms with Gasteiger partial charge in [0.1, 0.15) is 5.82 Å². The average molecular weight is 279 g/mol. The molecule has 3 heterocycles. The van der Waals surface area contributed by atoms with Crippen molar-refractivity contribution in [3.63, 3.8) is 0 Å². The van der Waals surface area contributed by atoms with Crippen molar-refractivity contribution in [2.75, 3.05) is 11.4 Å². The molecule has 0 aromatic carbocycles. The molecule has 2 aromatic rings. The molecular formula is C14H15ClN2S. The van der Waals surface area contributed by atoms with Crippen molar-refractivity contribution in [2.24, 2.45) is 0 Å². The first kappa shape index (κ1) is 12.0. The number of fused-ring (bicyclic) bond motifs is 1. The van der Waals surface area contributed by atoms with Crippen LogP contribution >= 0.6 is 22.9 Å². The van der Waals surface area contributed by atoms with Crippen LogP contribution in [0.5, 0.6) is 0 Å². The van der Waals surface area contributed by atoms with Gasteiger partial charge in [-0.25, -0.2) is 4.98 Å². The smallest absolute Gasteiger partial charge is 0.129 e. The Hall–Kier alpha value is -1.06. The quantitative estimate of drug-likeness (QED) is 0.778. The lowest BCUT2D eigenvalue weighted by molar-refractivity contribution is 0.730. The summed E-state index contributed by atoms with van der Waals surface area (Å²) in [4.78, 5) is 8.55. The zero-order valence-electron chi connectivity index (χ0n) is 10.3. The van der Waals surface area contributed by atoms with Gasteiger partial charge in [0.2, 0.25) is 0 Å². The summed E-state index contributed by atoms with van der Waals surface area (Å²) in [5.41, 5.74) is 3.61. The highest BCUT2D eigenvalue weighted by Crippen LogP contribution is 2.27. The molecule has 18 heavy (non-hydrogen) atoms. The Bertz CT molecular complexity index is 565. The molecular weight excluding hydrogens is 264 g/mol. The molecule has 2 nitrogen and oxygen atoms in total. The van der Waals surface area contributed by atoms with Gasteiger partial charge in [0.25, 0.3) is 0 Å². The van der Waals surface area contributed by atoms with E-state index in [0.717, 1.165) is 36.6 Å². The highest BCUT2D eigenvalue weighted by molar-refractivity contribution is 7.10. The first-order valence-electron chi connectivity index (χ1n) is 6.10. The van der Waals surface area contributed by atoms with Crippen LogP contribution in [0.25, 0.3) is 0 Å². The average Bonchev–Trinajstić information content (AvgIpc) is 2.85. The number of nitrogens with zero attached hydrogens (tertiary/aromatic N) is 2. The second-order valence-corrected chi connectivity index (χ2v) is 5.86. The number of alkyl halides is 1. The zero-order chi connectivity index (χ0) is 12.5. The molecule has 0 unspecified atom stereocenters. The summed E-state index contributed by atoms with van der Waals surface area (Å²) < 4.78 is 0. The number of rotatable bonds is 2. The Morgan fingerprint density at radius 2 is 2.28 bits per heavy atom. The summed E-state index contributed by atoms with van der Waals surface area (Å²) in [5.74, 6) is 1.60. The lowest BCUT2D eigenvalue weighted by Crippen LogP contribution is -2.30. The molecule has 0 aliphatic carbocycles. The van der Waals surface area contributed by atoms with Crippen LogP contribution < -0.4 is 4.90 Å². The number of aryl methyl sites for hydroxylation is 1. The van der Waals surface area contributed by atoms with E-state index in [0.29, 0.717) is 5.88 Å². The monoisotopic (exact) mass is 278 g/mol. The molecule has 0 spiro atoms. The van der Waals surface area contributed by atoms with E-state index in [-0.39, 0.29) is 0 Å². The first-order valence-corrected chi connectivity index (χ1v) is 7.52. The Kier molecular flexibility index (Phi) is 3.27. The van der Waals surface area contributed by atoms with Crippen LogP contribution in [0.2, 0.25) is 0 Å². The van der Waals surface area contributed by atoms with Gasteiger partial charge in [-0.15, -0.1) is 22.9 Å². The lowest BCUT2D eigenvalue weighted by Gasteiger charge is -2.28. The van der Waals surface area contributed by atoms with E-state index >= 15 is 0 Å². The molecule has 0 radical (unpaired) electrons. The van der Waals surface area contributed by atoms with Crippen molar-refractivity contribution < 1.29 is 0 Å². The van der Waals surface area contributed by atoms with E-state index in [1.807, 2.05) is 18.3 Å². The van der Waals surface area contributed by atoms with E-state index in [9.17, 15) is 0 Å². The molecule has 4 heteroatoms. The van der Waals surface area contributed by atoms with E-state index < -0.39 is 0 Å². The minimum absolute atomic E-state index is 0.536. The third-order valence-electron chi connectivity index (χ3n) is 3.46. The summed E-state index contributed by atoms with van der Waals surface area (Å²) in [6, 6.07) is 6.40. The fraction of sp³-hybridized carbons (Fsp3) is 0.357. The van der Waals surface area contributed by atoms with Gasteiger partial charge in [0.05, 0.1) is 0 Å². The normalized spacial score (nSPS) is 14.7. The molecule has 1 aliphatic heterocycles. The second-order valence-electron chi connectivity index (χ2n) is 4.59. The maximum absolute atomic E-state index is 5.87. The predicted molar refractivity (Wildman–Crippen MR) is 77.6 cm³/mol. The molecule has 0 fully saturated rings. The van der Waals surface area contributed by atoms with Gasteiger partial charge in [-0.3, -0.25) is 0 Å². The van der Waals surface area contributed by atoms with Crippen LogP contribution in [0, 0.1) is 6.92 Å². The first-order chi connectivity index (χ1) is 8.78. The number of anilines is 1. The molecule has 94 valence electrons. The number of pyridine rings is 1. The van der Waals surface area contributed by atoms with Gasteiger partial charge in [0.15, 0.2) is 0 Å². The Balaban J connectivity index is 1.86. The fourth-order valence-corrected chi connectivity index (χ4v) is 3.51. The maximum atomic E-state index is 5.87. The van der Waals surface area contributed by atoms with Gasteiger partial charge in [-0.05, 0) is 42.0 Å². The van der Waals surface area contributed by atoms with Crippen LogP contribution in [-0.2, 0) is 18.8 Å². The molecule has 0 atom stereocenters. The van der Waals surface area contributed by atoms with Gasteiger partial charge >= 0.3 is 0 Å². The van der Waals surface area contributed by atoms with Crippen molar-refractivity contribution >= 4 is 28.8 Å². The van der Waals surface area contributed by atoms with Crippen molar-refractivity contribution in [3.05, 3.63) is 45.3 Å². The highest BCUT2D eigenvalue weighted by Gasteiger charge is 2.18. The van der Waals surface area contributed by atoms with E-state index in [1.165, 1.54) is 10.4 Å². The van der Waals surface area contributed by atoms with Crippen molar-refractivity contribution in [1.29, 1.82) is 0 Å². The highest BCUT2D eigenvalue weighted by atomic mass is 35.5. The molecule has 0 saturated carbocycles. The molecule has 2 aromatic heterocycles. The number of thiophene rings is 1. The summed E-state index contributed by atoms with van der Waals surface area (Å²) in [5, 5.41) is 2.18. The lowest BCUT2D eigenvalue weighted by atomic mass is 10.1. The van der Waals surface area contributed by atoms with Crippen LogP contribution in [0.1, 0.15) is 21.7 Å². The second kappa shape index (κ2) is 4.90. The summed E-state index contributed by atoms with van der Waals surface area (Å²) in [6.45, 7) is 4.06.